The minimum Gasteiger partial charge on any atom is -0.307 e. The van der Waals surface area contributed by atoms with Gasteiger partial charge in [-0.2, -0.15) is 5.10 Å². The molecule has 4 nitrogen and oxygen atoms in total. The average Bonchev–Trinajstić information content (AvgIpc) is 2.75. The summed E-state index contributed by atoms with van der Waals surface area (Å²) in [6.45, 7) is 4.12. The van der Waals surface area contributed by atoms with Crippen LogP contribution in [0.25, 0.3) is 0 Å². The number of aromatic nitrogens is 2. The fourth-order valence-corrected chi connectivity index (χ4v) is 5.83. The number of allylic oxidation sites excluding steroid dienone is 1. The number of amides is 1. The molecule has 4 aliphatic rings. The van der Waals surface area contributed by atoms with Crippen molar-refractivity contribution in [3.05, 3.63) is 23.4 Å². The summed E-state index contributed by atoms with van der Waals surface area (Å²) in [4.78, 5) is 12.4. The molecule has 0 atom stereocenters. The van der Waals surface area contributed by atoms with Gasteiger partial charge in [-0.25, -0.2) is 0 Å². The van der Waals surface area contributed by atoms with Crippen LogP contribution in [0.3, 0.4) is 0 Å². The van der Waals surface area contributed by atoms with Gasteiger partial charge in [-0.3, -0.25) is 9.48 Å². The lowest BCUT2D eigenvalue weighted by molar-refractivity contribution is -0.112. The number of carbonyl (C=O) groups excluding carboxylic acids is 1. The van der Waals surface area contributed by atoms with Gasteiger partial charge in [0.25, 0.3) is 0 Å². The second-order valence-electron chi connectivity index (χ2n) is 8.31. The molecule has 1 amide bonds. The van der Waals surface area contributed by atoms with Crippen LogP contribution in [0.4, 0.5) is 5.82 Å². The zero-order valence-electron chi connectivity index (χ0n) is 14.4. The van der Waals surface area contributed by atoms with Crippen LogP contribution >= 0.6 is 0 Å². The van der Waals surface area contributed by atoms with E-state index in [1.54, 1.807) is 4.68 Å². The zero-order chi connectivity index (χ0) is 16.2. The number of anilines is 1. The van der Waals surface area contributed by atoms with Crippen LogP contribution in [0.5, 0.6) is 0 Å². The van der Waals surface area contributed by atoms with E-state index in [4.69, 9.17) is 0 Å². The first-order valence-electron chi connectivity index (χ1n) is 8.94. The summed E-state index contributed by atoms with van der Waals surface area (Å²) in [5.41, 5.74) is 2.53. The highest BCUT2D eigenvalue weighted by Gasteiger charge is 2.51. The van der Waals surface area contributed by atoms with Crippen LogP contribution in [0.15, 0.2) is 17.7 Å². The average molecular weight is 313 g/mol. The van der Waals surface area contributed by atoms with Gasteiger partial charge in [0.05, 0.1) is 5.69 Å². The Morgan fingerprint density at radius 2 is 1.83 bits per heavy atom. The fourth-order valence-electron chi connectivity index (χ4n) is 5.83. The van der Waals surface area contributed by atoms with Crippen LogP contribution in [0.2, 0.25) is 0 Å². The van der Waals surface area contributed by atoms with Crippen LogP contribution < -0.4 is 5.32 Å². The summed E-state index contributed by atoms with van der Waals surface area (Å²) in [6, 6.07) is 1.91. The monoisotopic (exact) mass is 313 g/mol. The van der Waals surface area contributed by atoms with Gasteiger partial charge in [-0.1, -0.05) is 5.57 Å². The molecule has 4 aliphatic carbocycles. The number of hydrogen-bond donors (Lipinski definition) is 1. The number of hydrogen-bond acceptors (Lipinski definition) is 2. The molecule has 1 aromatic rings. The molecule has 0 radical (unpaired) electrons. The second-order valence-corrected chi connectivity index (χ2v) is 8.31. The number of carbonyl (C=O) groups is 1. The Balaban J connectivity index is 1.52. The van der Waals surface area contributed by atoms with E-state index < -0.39 is 0 Å². The third-order valence-corrected chi connectivity index (χ3v) is 6.48. The van der Waals surface area contributed by atoms with E-state index in [2.05, 4.69) is 17.3 Å². The first-order valence-corrected chi connectivity index (χ1v) is 8.94. The van der Waals surface area contributed by atoms with Crippen molar-refractivity contribution < 1.29 is 4.79 Å². The second kappa shape index (κ2) is 5.22. The number of aryl methyl sites for hydroxylation is 2. The lowest BCUT2D eigenvalue weighted by Crippen LogP contribution is -2.46. The van der Waals surface area contributed by atoms with Crippen molar-refractivity contribution in [3.63, 3.8) is 0 Å². The van der Waals surface area contributed by atoms with Crippen LogP contribution in [-0.4, -0.2) is 15.7 Å². The van der Waals surface area contributed by atoms with Gasteiger partial charge in [0.2, 0.25) is 5.91 Å². The van der Waals surface area contributed by atoms with Gasteiger partial charge in [-0.05, 0) is 75.5 Å². The van der Waals surface area contributed by atoms with E-state index in [1.165, 1.54) is 44.1 Å². The van der Waals surface area contributed by atoms with Gasteiger partial charge in [0, 0.05) is 19.2 Å². The summed E-state index contributed by atoms with van der Waals surface area (Å²) in [6.07, 6.45) is 10.1. The van der Waals surface area contributed by atoms with Crippen molar-refractivity contribution in [2.75, 3.05) is 5.32 Å². The molecule has 4 fully saturated rings. The Hall–Kier alpha value is -1.58. The zero-order valence-corrected chi connectivity index (χ0v) is 14.4. The van der Waals surface area contributed by atoms with E-state index in [-0.39, 0.29) is 5.91 Å². The lowest BCUT2D eigenvalue weighted by atomic mass is 9.48. The molecule has 0 unspecified atom stereocenters. The highest BCUT2D eigenvalue weighted by Crippen LogP contribution is 2.62. The maximum atomic E-state index is 12.4. The maximum absolute atomic E-state index is 12.4. The van der Waals surface area contributed by atoms with Gasteiger partial charge in [0.1, 0.15) is 5.82 Å². The van der Waals surface area contributed by atoms with E-state index in [9.17, 15) is 4.79 Å². The molecule has 1 aromatic heterocycles. The predicted molar refractivity (Wildman–Crippen MR) is 90.9 cm³/mol. The van der Waals surface area contributed by atoms with Gasteiger partial charge in [0.15, 0.2) is 0 Å². The van der Waals surface area contributed by atoms with Gasteiger partial charge in [-0.15, -0.1) is 0 Å². The summed E-state index contributed by atoms with van der Waals surface area (Å²) in [7, 11) is 1.86. The molecule has 4 saturated carbocycles. The maximum Gasteiger partial charge on any atom is 0.249 e. The number of nitrogens with one attached hydrogen (secondary N) is 1. The minimum absolute atomic E-state index is 0.0127. The molecule has 23 heavy (non-hydrogen) atoms. The van der Waals surface area contributed by atoms with Crippen LogP contribution in [-0.2, 0) is 11.8 Å². The third-order valence-electron chi connectivity index (χ3n) is 6.48. The highest BCUT2D eigenvalue weighted by molar-refractivity contribution is 5.99. The molecule has 0 aromatic carbocycles. The van der Waals surface area contributed by atoms with E-state index in [1.807, 2.05) is 26.1 Å². The molecule has 0 spiro atoms. The standard InChI is InChI=1S/C19H27N3O/c1-12(4-18(23)20-17-5-13(2)21-22(17)3)19-9-14-6-15(10-19)8-16(7-14)11-19/h4-5,14-16H,6-11H2,1-3H3,(H,20,23)/b12-4-. The summed E-state index contributed by atoms with van der Waals surface area (Å²) in [5, 5.41) is 7.26. The summed E-state index contributed by atoms with van der Waals surface area (Å²) < 4.78 is 1.72. The third kappa shape index (κ3) is 2.62. The molecular formula is C19H27N3O. The molecule has 0 aliphatic heterocycles. The van der Waals surface area contributed by atoms with Crippen LogP contribution in [0.1, 0.15) is 51.1 Å². The van der Waals surface area contributed by atoms with E-state index in [0.29, 0.717) is 5.41 Å². The topological polar surface area (TPSA) is 46.9 Å². The summed E-state index contributed by atoms with van der Waals surface area (Å²) in [5.74, 6) is 3.48. The SMILES string of the molecule is C/C(=C/C(=O)Nc1cc(C)nn1C)C12CC3CC(CC(C3)C1)C2. The number of rotatable bonds is 3. The fraction of sp³-hybridized carbons (Fsp3) is 0.684. The van der Waals surface area contributed by atoms with E-state index >= 15 is 0 Å². The Kier molecular flexibility index (Phi) is 3.40. The van der Waals surface area contributed by atoms with E-state index in [0.717, 1.165) is 29.3 Å². The molecule has 0 saturated heterocycles. The molecule has 124 valence electrons. The van der Waals surface area contributed by atoms with Crippen molar-refractivity contribution in [1.29, 1.82) is 0 Å². The smallest absolute Gasteiger partial charge is 0.249 e. The van der Waals surface area contributed by atoms with Crippen molar-refractivity contribution in [1.82, 2.24) is 9.78 Å². The van der Waals surface area contributed by atoms with Crippen LogP contribution in [0, 0.1) is 30.1 Å². The molecular weight excluding hydrogens is 286 g/mol. The number of nitrogens with zero attached hydrogens (tertiary/aromatic N) is 2. The quantitative estimate of drug-likeness (QED) is 0.862. The summed E-state index contributed by atoms with van der Waals surface area (Å²) >= 11 is 0. The molecule has 1 N–H and O–H groups in total. The Bertz CT molecular complexity index is 635. The molecule has 4 heteroatoms. The lowest BCUT2D eigenvalue weighted by Gasteiger charge is -2.57. The highest BCUT2D eigenvalue weighted by atomic mass is 16.1. The molecule has 4 bridgehead atoms. The largest absolute Gasteiger partial charge is 0.307 e. The minimum atomic E-state index is -0.0127. The molecule has 5 rings (SSSR count). The van der Waals surface area contributed by atoms with Crippen molar-refractivity contribution >= 4 is 11.7 Å². The van der Waals surface area contributed by atoms with Crippen molar-refractivity contribution in [3.8, 4) is 0 Å². The Morgan fingerprint density at radius 3 is 2.30 bits per heavy atom. The first kappa shape index (κ1) is 15.0. The predicted octanol–water partition coefficient (Wildman–Crippen LogP) is 3.83. The van der Waals surface area contributed by atoms with Gasteiger partial charge >= 0.3 is 0 Å². The van der Waals surface area contributed by atoms with Crippen molar-refractivity contribution in [2.24, 2.45) is 30.2 Å². The Labute approximate surface area is 138 Å². The molecule has 1 heterocycles. The van der Waals surface area contributed by atoms with Gasteiger partial charge < -0.3 is 5.32 Å². The normalized spacial score (nSPS) is 35.6. The van der Waals surface area contributed by atoms with Crippen molar-refractivity contribution in [2.45, 2.75) is 52.4 Å². The Morgan fingerprint density at radius 1 is 1.26 bits per heavy atom. The first-order chi connectivity index (χ1) is 10.9.